The van der Waals surface area contributed by atoms with E-state index in [0.29, 0.717) is 11.1 Å². The number of halogens is 1. The van der Waals surface area contributed by atoms with E-state index >= 15 is 0 Å². The lowest BCUT2D eigenvalue weighted by Gasteiger charge is -2.25. The van der Waals surface area contributed by atoms with Crippen LogP contribution < -0.4 is 0 Å². The molecule has 1 unspecified atom stereocenters. The Morgan fingerprint density at radius 2 is 2.27 bits per heavy atom. The summed E-state index contributed by atoms with van der Waals surface area (Å²) >= 11 is 6.12. The summed E-state index contributed by atoms with van der Waals surface area (Å²) in [7, 11) is 1.90. The van der Waals surface area contributed by atoms with E-state index in [1.165, 1.54) is 0 Å². The van der Waals surface area contributed by atoms with Gasteiger partial charge in [0.25, 0.3) is 0 Å². The van der Waals surface area contributed by atoms with Crippen molar-refractivity contribution in [3.63, 3.8) is 0 Å². The lowest BCUT2D eigenvalue weighted by atomic mass is 10.1. The molecule has 1 fully saturated rings. The van der Waals surface area contributed by atoms with E-state index in [0.717, 1.165) is 55.7 Å². The number of aromatic nitrogens is 2. The number of nitrogens with one attached hydrogen (secondary N) is 1. The molecule has 0 aliphatic carbocycles. The fourth-order valence-corrected chi connectivity index (χ4v) is 3.84. The molecule has 3 rings (SSSR count). The van der Waals surface area contributed by atoms with Gasteiger partial charge >= 0.3 is 5.97 Å². The van der Waals surface area contributed by atoms with Crippen LogP contribution >= 0.6 is 11.6 Å². The molecular formula is C19H25ClN4O2. The van der Waals surface area contributed by atoms with E-state index in [-0.39, 0.29) is 6.54 Å². The van der Waals surface area contributed by atoms with Gasteiger partial charge in [-0.2, -0.15) is 5.10 Å². The van der Waals surface area contributed by atoms with Gasteiger partial charge in [-0.3, -0.25) is 19.7 Å². The minimum atomic E-state index is -0.766. The first-order chi connectivity index (χ1) is 12.5. The quantitative estimate of drug-likeness (QED) is 0.810. The summed E-state index contributed by atoms with van der Waals surface area (Å²) in [4.78, 5) is 15.3. The summed E-state index contributed by atoms with van der Waals surface area (Å²) in [5, 5.41) is 17.0. The molecule has 0 amide bonds. The van der Waals surface area contributed by atoms with E-state index in [4.69, 9.17) is 16.7 Å². The first-order valence-electron chi connectivity index (χ1n) is 8.95. The molecule has 0 spiro atoms. The Kier molecular flexibility index (Phi) is 6.29. The first kappa shape index (κ1) is 18.9. The van der Waals surface area contributed by atoms with Gasteiger partial charge in [0.2, 0.25) is 0 Å². The van der Waals surface area contributed by atoms with Crippen LogP contribution in [-0.2, 0) is 11.3 Å². The maximum atomic E-state index is 10.9. The van der Waals surface area contributed by atoms with Crippen molar-refractivity contribution in [1.29, 1.82) is 0 Å². The van der Waals surface area contributed by atoms with E-state index in [9.17, 15) is 4.79 Å². The van der Waals surface area contributed by atoms with Crippen LogP contribution in [0, 0.1) is 0 Å². The summed E-state index contributed by atoms with van der Waals surface area (Å²) in [5.74, 6) is -0.766. The van der Waals surface area contributed by atoms with Crippen LogP contribution in [0.15, 0.2) is 30.5 Å². The SMILES string of the molecule is CN(CC(=O)O)C1CCCN(Cc2cn[nH]c2-c2cccc(Cl)c2)CC1. The van der Waals surface area contributed by atoms with Crippen LogP contribution in [-0.4, -0.2) is 63.8 Å². The third-order valence-corrected chi connectivity index (χ3v) is 5.26. The van der Waals surface area contributed by atoms with Gasteiger partial charge in [0.15, 0.2) is 0 Å². The molecule has 1 atom stereocenters. The highest BCUT2D eigenvalue weighted by atomic mass is 35.5. The summed E-state index contributed by atoms with van der Waals surface area (Å²) in [6.45, 7) is 2.89. The Morgan fingerprint density at radius 3 is 3.04 bits per heavy atom. The first-order valence-corrected chi connectivity index (χ1v) is 9.33. The number of benzene rings is 1. The number of rotatable bonds is 6. The lowest BCUT2D eigenvalue weighted by molar-refractivity contribution is -0.138. The highest BCUT2D eigenvalue weighted by molar-refractivity contribution is 6.30. The molecule has 2 aromatic rings. The Labute approximate surface area is 158 Å². The van der Waals surface area contributed by atoms with Gasteiger partial charge in [-0.25, -0.2) is 0 Å². The van der Waals surface area contributed by atoms with Crippen LogP contribution in [0.4, 0.5) is 0 Å². The standard InChI is InChI=1S/C19H25ClN4O2/c1-23(13-18(25)26)17-6-3-8-24(9-7-17)12-15-11-21-22-19(15)14-4-2-5-16(20)10-14/h2,4-5,10-11,17H,3,6-9,12-13H2,1H3,(H,21,22)(H,25,26). The van der Waals surface area contributed by atoms with E-state index in [1.54, 1.807) is 0 Å². The number of aromatic amines is 1. The molecule has 1 aromatic carbocycles. The third kappa shape index (κ3) is 4.84. The third-order valence-electron chi connectivity index (χ3n) is 5.02. The largest absolute Gasteiger partial charge is 0.480 e. The molecule has 0 saturated carbocycles. The minimum Gasteiger partial charge on any atom is -0.480 e. The monoisotopic (exact) mass is 376 g/mol. The maximum absolute atomic E-state index is 10.9. The zero-order valence-corrected chi connectivity index (χ0v) is 15.7. The molecule has 6 nitrogen and oxygen atoms in total. The number of likely N-dealkylation sites (N-methyl/N-ethyl adjacent to an activating group) is 1. The highest BCUT2D eigenvalue weighted by Crippen LogP contribution is 2.26. The summed E-state index contributed by atoms with van der Waals surface area (Å²) in [6, 6.07) is 8.11. The normalized spacial score (nSPS) is 18.8. The van der Waals surface area contributed by atoms with Gasteiger partial charge in [-0.1, -0.05) is 23.7 Å². The second-order valence-corrected chi connectivity index (χ2v) is 7.39. The molecule has 0 bridgehead atoms. The minimum absolute atomic E-state index is 0.102. The topological polar surface area (TPSA) is 72.5 Å². The van der Waals surface area contributed by atoms with E-state index in [2.05, 4.69) is 15.1 Å². The van der Waals surface area contributed by atoms with Gasteiger partial charge < -0.3 is 5.11 Å². The summed E-state index contributed by atoms with van der Waals surface area (Å²) in [5.41, 5.74) is 3.21. The smallest absolute Gasteiger partial charge is 0.317 e. The number of nitrogens with zero attached hydrogens (tertiary/aromatic N) is 3. The molecule has 1 aliphatic heterocycles. The number of H-pyrrole nitrogens is 1. The molecular weight excluding hydrogens is 352 g/mol. The van der Waals surface area contributed by atoms with Crippen molar-refractivity contribution in [2.75, 3.05) is 26.7 Å². The van der Waals surface area contributed by atoms with Gasteiger partial charge in [-0.15, -0.1) is 0 Å². The Morgan fingerprint density at radius 1 is 1.42 bits per heavy atom. The van der Waals surface area contributed by atoms with Crippen molar-refractivity contribution < 1.29 is 9.90 Å². The molecule has 7 heteroatoms. The predicted molar refractivity (Wildman–Crippen MR) is 102 cm³/mol. The molecule has 0 radical (unpaired) electrons. The number of hydrogen-bond donors (Lipinski definition) is 2. The van der Waals surface area contributed by atoms with Crippen molar-refractivity contribution in [1.82, 2.24) is 20.0 Å². The second kappa shape index (κ2) is 8.66. The van der Waals surface area contributed by atoms with Crippen LogP contribution in [0.3, 0.4) is 0 Å². The van der Waals surface area contributed by atoms with Crippen molar-refractivity contribution in [2.24, 2.45) is 0 Å². The van der Waals surface area contributed by atoms with Crippen molar-refractivity contribution >= 4 is 17.6 Å². The molecule has 2 heterocycles. The zero-order valence-electron chi connectivity index (χ0n) is 15.0. The molecule has 140 valence electrons. The van der Waals surface area contributed by atoms with Crippen molar-refractivity contribution in [3.8, 4) is 11.3 Å². The second-order valence-electron chi connectivity index (χ2n) is 6.95. The average Bonchev–Trinajstić information content (AvgIpc) is 2.91. The maximum Gasteiger partial charge on any atom is 0.317 e. The fraction of sp³-hybridized carbons (Fsp3) is 0.474. The predicted octanol–water partition coefficient (Wildman–Crippen LogP) is 3.10. The Hall–Kier alpha value is -1.89. The van der Waals surface area contributed by atoms with E-state index in [1.807, 2.05) is 42.4 Å². The van der Waals surface area contributed by atoms with Gasteiger partial charge in [0.05, 0.1) is 18.4 Å². The Balaban J connectivity index is 1.64. The number of carbonyl (C=O) groups is 1. The van der Waals surface area contributed by atoms with Crippen molar-refractivity contribution in [2.45, 2.75) is 31.8 Å². The van der Waals surface area contributed by atoms with Gasteiger partial charge in [0, 0.05) is 28.7 Å². The average molecular weight is 377 g/mol. The number of carboxylic acids is 1. The van der Waals surface area contributed by atoms with Crippen molar-refractivity contribution in [3.05, 3.63) is 41.0 Å². The summed E-state index contributed by atoms with van der Waals surface area (Å²) in [6.07, 6.45) is 4.97. The number of likely N-dealkylation sites (tertiary alicyclic amines) is 1. The molecule has 1 aromatic heterocycles. The highest BCUT2D eigenvalue weighted by Gasteiger charge is 2.22. The Bertz CT molecular complexity index is 749. The van der Waals surface area contributed by atoms with Gasteiger partial charge in [-0.05, 0) is 51.5 Å². The molecule has 1 saturated heterocycles. The molecule has 2 N–H and O–H groups in total. The summed E-state index contributed by atoms with van der Waals surface area (Å²) < 4.78 is 0. The molecule has 1 aliphatic rings. The number of aliphatic carboxylic acids is 1. The number of carboxylic acid groups (broad SMARTS) is 1. The van der Waals surface area contributed by atoms with Crippen LogP contribution in [0.2, 0.25) is 5.02 Å². The van der Waals surface area contributed by atoms with Gasteiger partial charge in [0.1, 0.15) is 0 Å². The van der Waals surface area contributed by atoms with E-state index < -0.39 is 5.97 Å². The zero-order chi connectivity index (χ0) is 18.5. The van der Waals surface area contributed by atoms with Crippen LogP contribution in [0.1, 0.15) is 24.8 Å². The van der Waals surface area contributed by atoms with Crippen LogP contribution in [0.5, 0.6) is 0 Å². The number of hydrogen-bond acceptors (Lipinski definition) is 4. The fourth-order valence-electron chi connectivity index (χ4n) is 3.65. The van der Waals surface area contributed by atoms with Crippen LogP contribution in [0.25, 0.3) is 11.3 Å². The lowest BCUT2D eigenvalue weighted by Crippen LogP contribution is -2.36. The molecule has 26 heavy (non-hydrogen) atoms.